The van der Waals surface area contributed by atoms with Gasteiger partial charge >= 0.3 is 0 Å². The summed E-state index contributed by atoms with van der Waals surface area (Å²) in [6.07, 6.45) is 1.83. The lowest BCUT2D eigenvalue weighted by Gasteiger charge is -2.15. The molecule has 0 saturated heterocycles. The van der Waals surface area contributed by atoms with Gasteiger partial charge in [-0.3, -0.25) is 0 Å². The van der Waals surface area contributed by atoms with Gasteiger partial charge < -0.3 is 20.1 Å². The summed E-state index contributed by atoms with van der Waals surface area (Å²) >= 11 is 0. The number of rotatable bonds is 9. The summed E-state index contributed by atoms with van der Waals surface area (Å²) in [4.78, 5) is 2.10. The van der Waals surface area contributed by atoms with E-state index in [0.717, 1.165) is 43.1 Å². The molecule has 1 aromatic rings. The predicted octanol–water partition coefficient (Wildman–Crippen LogP) is 1.92. The molecule has 0 aliphatic rings. The van der Waals surface area contributed by atoms with Crippen molar-refractivity contribution >= 4 is 0 Å². The minimum Gasteiger partial charge on any atom is -0.493 e. The van der Waals surface area contributed by atoms with Crippen molar-refractivity contribution in [1.29, 1.82) is 0 Å². The summed E-state index contributed by atoms with van der Waals surface area (Å²) < 4.78 is 11.5. The molecular formula is C15H26N2O2. The Balaban J connectivity index is 2.70. The molecular weight excluding hydrogens is 240 g/mol. The molecule has 0 atom stereocenters. The molecule has 1 rings (SSSR count). The highest BCUT2D eigenvalue weighted by Gasteiger charge is 2.06. The number of nitrogens with zero attached hydrogens (tertiary/aromatic N) is 1. The molecule has 0 saturated carbocycles. The first-order valence-corrected chi connectivity index (χ1v) is 6.90. The van der Waals surface area contributed by atoms with Crippen LogP contribution in [0, 0.1) is 0 Å². The van der Waals surface area contributed by atoms with Crippen molar-refractivity contribution in [2.45, 2.75) is 19.8 Å². The third-order valence-electron chi connectivity index (χ3n) is 2.72. The highest BCUT2D eigenvalue weighted by Crippen LogP contribution is 2.25. The molecule has 0 aromatic heterocycles. The first kappa shape index (κ1) is 15.8. The molecule has 4 heteroatoms. The topological polar surface area (TPSA) is 47.7 Å². The number of ether oxygens (including phenoxy) is 2. The van der Waals surface area contributed by atoms with Crippen molar-refractivity contribution in [3.05, 3.63) is 23.8 Å². The number of hydrogen-bond donors (Lipinski definition) is 1. The zero-order valence-electron chi connectivity index (χ0n) is 12.3. The molecule has 0 aliphatic carbocycles. The average Bonchev–Trinajstić information content (AvgIpc) is 2.38. The van der Waals surface area contributed by atoms with Gasteiger partial charge in [0.05, 0.1) is 6.61 Å². The fourth-order valence-corrected chi connectivity index (χ4v) is 1.68. The highest BCUT2D eigenvalue weighted by atomic mass is 16.5. The van der Waals surface area contributed by atoms with Crippen LogP contribution >= 0.6 is 0 Å². The van der Waals surface area contributed by atoms with Gasteiger partial charge in [-0.15, -0.1) is 0 Å². The zero-order chi connectivity index (χ0) is 14.1. The van der Waals surface area contributed by atoms with Gasteiger partial charge in [0.1, 0.15) is 18.1 Å². The van der Waals surface area contributed by atoms with Gasteiger partial charge in [-0.1, -0.05) is 13.0 Å². The lowest BCUT2D eigenvalue weighted by atomic mass is 10.1. The zero-order valence-corrected chi connectivity index (χ0v) is 12.3. The summed E-state index contributed by atoms with van der Waals surface area (Å²) in [5.74, 6) is 1.75. The molecule has 0 aliphatic heterocycles. The largest absolute Gasteiger partial charge is 0.493 e. The minimum atomic E-state index is 0.624. The van der Waals surface area contributed by atoms with Crippen LogP contribution in [0.3, 0.4) is 0 Å². The van der Waals surface area contributed by atoms with E-state index in [1.807, 2.05) is 32.3 Å². The van der Waals surface area contributed by atoms with Crippen molar-refractivity contribution in [2.24, 2.45) is 5.73 Å². The first-order valence-electron chi connectivity index (χ1n) is 6.90. The number of nitrogens with two attached hydrogens (primary N) is 1. The molecule has 4 nitrogen and oxygen atoms in total. The summed E-state index contributed by atoms with van der Waals surface area (Å²) in [5, 5.41) is 0. The Bertz CT molecular complexity index is 367. The van der Waals surface area contributed by atoms with E-state index in [0.29, 0.717) is 13.2 Å². The van der Waals surface area contributed by atoms with E-state index in [4.69, 9.17) is 15.2 Å². The Morgan fingerprint density at radius 3 is 2.58 bits per heavy atom. The Hall–Kier alpha value is -1.26. The van der Waals surface area contributed by atoms with Gasteiger partial charge in [-0.25, -0.2) is 0 Å². The third-order valence-corrected chi connectivity index (χ3v) is 2.72. The van der Waals surface area contributed by atoms with Crippen LogP contribution < -0.4 is 15.2 Å². The summed E-state index contributed by atoms with van der Waals surface area (Å²) in [6.45, 7) is 5.01. The van der Waals surface area contributed by atoms with Crippen LogP contribution in [0.1, 0.15) is 18.9 Å². The number of hydrogen-bond acceptors (Lipinski definition) is 4. The van der Waals surface area contributed by atoms with E-state index in [1.54, 1.807) is 0 Å². The van der Waals surface area contributed by atoms with Gasteiger partial charge in [0, 0.05) is 12.6 Å². The van der Waals surface area contributed by atoms with E-state index in [9.17, 15) is 0 Å². The fourth-order valence-electron chi connectivity index (χ4n) is 1.68. The molecule has 0 radical (unpaired) electrons. The molecule has 0 fully saturated rings. The number of benzene rings is 1. The van der Waals surface area contributed by atoms with Gasteiger partial charge in [0.25, 0.3) is 0 Å². The maximum Gasteiger partial charge on any atom is 0.126 e. The third kappa shape index (κ3) is 5.94. The minimum absolute atomic E-state index is 0.624. The van der Waals surface area contributed by atoms with Crippen LogP contribution in [0.2, 0.25) is 0 Å². The van der Waals surface area contributed by atoms with Crippen LogP contribution in [-0.4, -0.2) is 45.3 Å². The van der Waals surface area contributed by atoms with Crippen LogP contribution in [0.5, 0.6) is 11.5 Å². The Morgan fingerprint density at radius 2 is 1.95 bits per heavy atom. The summed E-state index contributed by atoms with van der Waals surface area (Å²) in [5.41, 5.74) is 6.77. The van der Waals surface area contributed by atoms with Gasteiger partial charge in [-0.2, -0.15) is 0 Å². The quantitative estimate of drug-likeness (QED) is 0.742. The maximum absolute atomic E-state index is 5.84. The normalized spacial score (nSPS) is 10.8. The van der Waals surface area contributed by atoms with E-state index < -0.39 is 0 Å². The van der Waals surface area contributed by atoms with Crippen LogP contribution in [0.4, 0.5) is 0 Å². The Kier molecular flexibility index (Phi) is 7.30. The molecule has 19 heavy (non-hydrogen) atoms. The molecule has 0 heterocycles. The molecule has 2 N–H and O–H groups in total. The van der Waals surface area contributed by atoms with Crippen LogP contribution in [0.25, 0.3) is 0 Å². The van der Waals surface area contributed by atoms with Crippen LogP contribution in [-0.2, 0) is 6.42 Å². The monoisotopic (exact) mass is 266 g/mol. The molecule has 0 unspecified atom stereocenters. The smallest absolute Gasteiger partial charge is 0.126 e. The summed E-state index contributed by atoms with van der Waals surface area (Å²) in [7, 11) is 4.07. The first-order chi connectivity index (χ1) is 9.17. The van der Waals surface area contributed by atoms with Crippen molar-refractivity contribution in [1.82, 2.24) is 4.90 Å². The van der Waals surface area contributed by atoms with Gasteiger partial charge in [0.15, 0.2) is 0 Å². The van der Waals surface area contributed by atoms with Gasteiger partial charge in [0.2, 0.25) is 0 Å². The van der Waals surface area contributed by atoms with E-state index in [1.165, 1.54) is 0 Å². The fraction of sp³-hybridized carbons (Fsp3) is 0.600. The Labute approximate surface area is 116 Å². The molecule has 0 amide bonds. The molecule has 108 valence electrons. The molecule has 1 aromatic carbocycles. The maximum atomic E-state index is 5.84. The van der Waals surface area contributed by atoms with E-state index in [2.05, 4.69) is 11.8 Å². The number of likely N-dealkylation sites (N-methyl/N-ethyl adjacent to an activating group) is 1. The average molecular weight is 266 g/mol. The summed E-state index contributed by atoms with van der Waals surface area (Å²) in [6, 6.07) is 6.00. The van der Waals surface area contributed by atoms with Gasteiger partial charge in [-0.05, 0) is 45.1 Å². The van der Waals surface area contributed by atoms with Crippen LogP contribution in [0.15, 0.2) is 18.2 Å². The second kappa shape index (κ2) is 8.77. The molecule has 0 spiro atoms. The predicted molar refractivity (Wildman–Crippen MR) is 79.0 cm³/mol. The second-order valence-electron chi connectivity index (χ2n) is 4.81. The highest BCUT2D eigenvalue weighted by molar-refractivity contribution is 5.41. The SMILES string of the molecule is CCCOc1ccc(CCN)c(OCCN(C)C)c1. The van der Waals surface area contributed by atoms with Crippen molar-refractivity contribution in [3.63, 3.8) is 0 Å². The molecule has 0 bridgehead atoms. The lowest BCUT2D eigenvalue weighted by molar-refractivity contribution is 0.257. The van der Waals surface area contributed by atoms with Crippen molar-refractivity contribution in [3.8, 4) is 11.5 Å². The van der Waals surface area contributed by atoms with E-state index >= 15 is 0 Å². The standard InChI is InChI=1S/C15H26N2O2/c1-4-10-18-14-6-5-13(7-8-16)15(12-14)19-11-9-17(2)3/h5-6,12H,4,7-11,16H2,1-3H3. The lowest BCUT2D eigenvalue weighted by Crippen LogP contribution is -2.20. The Morgan fingerprint density at radius 1 is 1.16 bits per heavy atom. The van der Waals surface area contributed by atoms with Crippen molar-refractivity contribution < 1.29 is 9.47 Å². The second-order valence-corrected chi connectivity index (χ2v) is 4.81. The van der Waals surface area contributed by atoms with E-state index in [-0.39, 0.29) is 0 Å². The van der Waals surface area contributed by atoms with Crippen molar-refractivity contribution in [2.75, 3.05) is 40.4 Å².